The molecular formula is C16H19NO4. The predicted molar refractivity (Wildman–Crippen MR) is 75.6 cm³/mol. The number of methoxy groups -OCH3 is 1. The van der Waals surface area contributed by atoms with Crippen LogP contribution in [0.15, 0.2) is 30.3 Å². The molecule has 1 saturated carbocycles. The highest BCUT2D eigenvalue weighted by atomic mass is 16.6. The van der Waals surface area contributed by atoms with Crippen molar-refractivity contribution in [3.05, 3.63) is 35.9 Å². The highest BCUT2D eigenvalue weighted by Gasteiger charge is 2.54. The Bertz CT molecular complexity index is 544. The van der Waals surface area contributed by atoms with E-state index in [1.54, 1.807) is 0 Å². The van der Waals surface area contributed by atoms with E-state index in [-0.39, 0.29) is 18.4 Å². The SMILES string of the molecule is CO[C@@]1(N2C(=O)OC[C@H]2c2ccccc2)CCCCC1=O. The van der Waals surface area contributed by atoms with Crippen LogP contribution in [0, 0.1) is 0 Å². The molecule has 0 spiro atoms. The van der Waals surface area contributed by atoms with Gasteiger partial charge < -0.3 is 9.47 Å². The van der Waals surface area contributed by atoms with E-state index in [1.165, 1.54) is 12.0 Å². The van der Waals surface area contributed by atoms with Gasteiger partial charge in [-0.15, -0.1) is 0 Å². The predicted octanol–water partition coefficient (Wildman–Crippen LogP) is 2.67. The summed E-state index contributed by atoms with van der Waals surface area (Å²) in [4.78, 5) is 26.2. The maximum absolute atomic E-state index is 12.5. The molecule has 112 valence electrons. The maximum Gasteiger partial charge on any atom is 0.413 e. The van der Waals surface area contributed by atoms with Crippen LogP contribution in [0.4, 0.5) is 4.79 Å². The molecule has 2 aliphatic rings. The summed E-state index contributed by atoms with van der Waals surface area (Å²) in [5, 5.41) is 0. The van der Waals surface area contributed by atoms with E-state index in [4.69, 9.17) is 9.47 Å². The van der Waals surface area contributed by atoms with Crippen molar-refractivity contribution in [2.24, 2.45) is 0 Å². The molecule has 1 saturated heterocycles. The number of hydrogen-bond acceptors (Lipinski definition) is 4. The topological polar surface area (TPSA) is 55.8 Å². The van der Waals surface area contributed by atoms with Gasteiger partial charge in [-0.2, -0.15) is 0 Å². The van der Waals surface area contributed by atoms with Gasteiger partial charge in [-0.1, -0.05) is 30.3 Å². The molecule has 0 radical (unpaired) electrons. The molecule has 0 unspecified atom stereocenters. The highest BCUT2D eigenvalue weighted by Crippen LogP contribution is 2.40. The number of ketones is 1. The van der Waals surface area contributed by atoms with Crippen LogP contribution in [0.25, 0.3) is 0 Å². The molecule has 1 aliphatic carbocycles. The van der Waals surface area contributed by atoms with Gasteiger partial charge in [-0.25, -0.2) is 4.79 Å². The van der Waals surface area contributed by atoms with E-state index in [1.807, 2.05) is 30.3 Å². The summed E-state index contributed by atoms with van der Waals surface area (Å²) in [6, 6.07) is 9.35. The molecule has 1 heterocycles. The zero-order valence-electron chi connectivity index (χ0n) is 12.1. The number of benzene rings is 1. The third kappa shape index (κ3) is 2.21. The first-order chi connectivity index (χ1) is 10.2. The van der Waals surface area contributed by atoms with E-state index in [9.17, 15) is 9.59 Å². The molecule has 2 fully saturated rings. The number of rotatable bonds is 3. The quantitative estimate of drug-likeness (QED) is 0.858. The number of cyclic esters (lactones) is 1. The van der Waals surface area contributed by atoms with Crippen LogP contribution < -0.4 is 0 Å². The Kier molecular flexibility index (Phi) is 3.68. The molecule has 1 aliphatic heterocycles. The Morgan fingerprint density at radius 1 is 1.24 bits per heavy atom. The summed E-state index contributed by atoms with van der Waals surface area (Å²) in [7, 11) is 1.50. The standard InChI is InChI=1S/C16H19NO4/c1-20-16(10-6-5-9-14(16)18)17-13(11-21-15(17)19)12-7-3-2-4-8-12/h2-4,7-8,13H,5-6,9-11H2,1H3/t13-,16-/m0/s1. The third-order valence-electron chi connectivity index (χ3n) is 4.39. The number of amides is 1. The van der Waals surface area contributed by atoms with Crippen molar-refractivity contribution in [3.8, 4) is 0 Å². The van der Waals surface area contributed by atoms with Gasteiger partial charge in [0, 0.05) is 20.0 Å². The van der Waals surface area contributed by atoms with Crippen LogP contribution in [0.1, 0.15) is 37.3 Å². The molecule has 2 atom stereocenters. The van der Waals surface area contributed by atoms with Crippen molar-refractivity contribution in [3.63, 3.8) is 0 Å². The van der Waals surface area contributed by atoms with Crippen molar-refractivity contribution >= 4 is 11.9 Å². The second-order valence-electron chi connectivity index (χ2n) is 5.49. The molecule has 3 rings (SSSR count). The Labute approximate surface area is 123 Å². The lowest BCUT2D eigenvalue weighted by molar-refractivity contribution is -0.171. The van der Waals surface area contributed by atoms with Crippen molar-refractivity contribution in [1.29, 1.82) is 0 Å². The lowest BCUT2D eigenvalue weighted by atomic mass is 9.87. The van der Waals surface area contributed by atoms with Crippen LogP contribution in [0.2, 0.25) is 0 Å². The second-order valence-corrected chi connectivity index (χ2v) is 5.49. The van der Waals surface area contributed by atoms with Gasteiger partial charge in [-0.05, 0) is 18.4 Å². The summed E-state index contributed by atoms with van der Waals surface area (Å²) in [6.45, 7) is 0.251. The molecule has 1 aromatic rings. The van der Waals surface area contributed by atoms with Crippen molar-refractivity contribution in [2.45, 2.75) is 37.5 Å². The number of nitrogens with zero attached hydrogens (tertiary/aromatic N) is 1. The molecule has 21 heavy (non-hydrogen) atoms. The molecular weight excluding hydrogens is 270 g/mol. The monoisotopic (exact) mass is 289 g/mol. The zero-order valence-corrected chi connectivity index (χ0v) is 12.1. The lowest BCUT2D eigenvalue weighted by Gasteiger charge is -2.42. The molecule has 0 aromatic heterocycles. The van der Waals surface area contributed by atoms with Gasteiger partial charge in [0.15, 0.2) is 5.78 Å². The minimum absolute atomic E-state index is 0.0315. The summed E-state index contributed by atoms with van der Waals surface area (Å²) in [6.07, 6.45) is 2.22. The molecule has 0 bridgehead atoms. The summed E-state index contributed by atoms with van der Waals surface area (Å²) in [5.74, 6) is -0.0315. The first-order valence-corrected chi connectivity index (χ1v) is 7.28. The number of Topliss-reactive ketones (excluding diaryl/α,β-unsaturated/α-hetero) is 1. The minimum atomic E-state index is -1.17. The van der Waals surface area contributed by atoms with Crippen molar-refractivity contribution in [1.82, 2.24) is 4.90 Å². The lowest BCUT2D eigenvalue weighted by Crippen LogP contribution is -2.58. The largest absolute Gasteiger partial charge is 0.447 e. The molecule has 1 amide bonds. The first kappa shape index (κ1) is 14.1. The summed E-state index contributed by atoms with van der Waals surface area (Å²) < 4.78 is 10.8. The van der Waals surface area contributed by atoms with Gasteiger partial charge in [0.25, 0.3) is 0 Å². The van der Waals surface area contributed by atoms with Crippen LogP contribution >= 0.6 is 0 Å². The van der Waals surface area contributed by atoms with Crippen LogP contribution in [-0.4, -0.2) is 36.2 Å². The molecule has 5 heteroatoms. The molecule has 5 nitrogen and oxygen atoms in total. The van der Waals surface area contributed by atoms with E-state index >= 15 is 0 Å². The third-order valence-corrected chi connectivity index (χ3v) is 4.39. The van der Waals surface area contributed by atoms with E-state index < -0.39 is 11.8 Å². The Balaban J connectivity index is 2.00. The van der Waals surface area contributed by atoms with Gasteiger partial charge in [-0.3, -0.25) is 9.69 Å². The van der Waals surface area contributed by atoms with Crippen LogP contribution in [0.3, 0.4) is 0 Å². The van der Waals surface area contributed by atoms with Gasteiger partial charge in [0.1, 0.15) is 6.61 Å². The zero-order chi connectivity index (χ0) is 14.9. The fourth-order valence-electron chi connectivity index (χ4n) is 3.30. The second kappa shape index (κ2) is 5.48. The van der Waals surface area contributed by atoms with E-state index in [0.717, 1.165) is 18.4 Å². The van der Waals surface area contributed by atoms with Gasteiger partial charge in [0.2, 0.25) is 5.72 Å². The van der Waals surface area contributed by atoms with Crippen LogP contribution in [-0.2, 0) is 14.3 Å². The van der Waals surface area contributed by atoms with Gasteiger partial charge in [0.05, 0.1) is 6.04 Å². The normalized spacial score (nSPS) is 29.6. The fraction of sp³-hybridized carbons (Fsp3) is 0.500. The highest BCUT2D eigenvalue weighted by molar-refractivity contribution is 5.91. The van der Waals surface area contributed by atoms with Crippen molar-refractivity contribution < 1.29 is 19.1 Å². The molecule has 0 N–H and O–H groups in total. The maximum atomic E-state index is 12.5. The number of hydrogen-bond donors (Lipinski definition) is 0. The Hall–Kier alpha value is -1.88. The first-order valence-electron chi connectivity index (χ1n) is 7.28. The van der Waals surface area contributed by atoms with Crippen molar-refractivity contribution in [2.75, 3.05) is 13.7 Å². The van der Waals surface area contributed by atoms with E-state index in [0.29, 0.717) is 12.8 Å². The average molecular weight is 289 g/mol. The Morgan fingerprint density at radius 2 is 2.00 bits per heavy atom. The number of ether oxygens (including phenoxy) is 2. The van der Waals surface area contributed by atoms with Gasteiger partial charge >= 0.3 is 6.09 Å². The summed E-state index contributed by atoms with van der Waals surface area (Å²) >= 11 is 0. The number of carbonyl (C=O) groups excluding carboxylic acids is 2. The molecule has 1 aromatic carbocycles. The smallest absolute Gasteiger partial charge is 0.413 e. The minimum Gasteiger partial charge on any atom is -0.447 e. The Morgan fingerprint density at radius 3 is 2.67 bits per heavy atom. The summed E-state index contributed by atoms with van der Waals surface area (Å²) in [5.41, 5.74) is -0.218. The number of carbonyl (C=O) groups is 2. The fourth-order valence-corrected chi connectivity index (χ4v) is 3.30. The van der Waals surface area contributed by atoms with Crippen LogP contribution in [0.5, 0.6) is 0 Å². The average Bonchev–Trinajstić information content (AvgIpc) is 2.91. The van der Waals surface area contributed by atoms with E-state index in [2.05, 4.69) is 0 Å².